The van der Waals surface area contributed by atoms with E-state index in [0.29, 0.717) is 11.6 Å². The maximum absolute atomic E-state index is 6.00. The Kier molecular flexibility index (Phi) is 4.68. The first kappa shape index (κ1) is 14.9. The summed E-state index contributed by atoms with van der Waals surface area (Å²) < 4.78 is 7.73. The van der Waals surface area contributed by atoms with E-state index in [9.17, 15) is 0 Å². The normalized spacial score (nSPS) is 12.4. The fourth-order valence-corrected chi connectivity index (χ4v) is 2.22. The Morgan fingerprint density at radius 2 is 2.15 bits per heavy atom. The van der Waals surface area contributed by atoms with Crippen LogP contribution in [0, 0.1) is 0 Å². The molecule has 0 bridgehead atoms. The number of hydrogen-bond acceptors (Lipinski definition) is 3. The maximum Gasteiger partial charge on any atom is 0.130 e. The third-order valence-corrected chi connectivity index (χ3v) is 3.46. The number of hydrogen-bond donors (Lipinski definition) is 1. The Morgan fingerprint density at radius 1 is 1.40 bits per heavy atom. The van der Waals surface area contributed by atoms with Crippen molar-refractivity contribution in [1.29, 1.82) is 0 Å². The Balaban J connectivity index is 2.16. The molecule has 5 heteroatoms. The summed E-state index contributed by atoms with van der Waals surface area (Å²) in [6.45, 7) is 4.46. The van der Waals surface area contributed by atoms with E-state index >= 15 is 0 Å². The topological polar surface area (TPSA) is 53.1 Å². The standard InChI is InChI=1S/C15H20ClN3O/c1-4-12-8-13(19(3)18-12)9-20-15-6-5-11(16)7-14(15)10(2)17/h5-8,10H,4,9,17H2,1-3H3/t10-/m1/s1. The van der Waals surface area contributed by atoms with E-state index in [4.69, 9.17) is 22.1 Å². The number of benzene rings is 1. The lowest BCUT2D eigenvalue weighted by atomic mass is 10.1. The van der Waals surface area contributed by atoms with Crippen LogP contribution in [0.15, 0.2) is 24.3 Å². The van der Waals surface area contributed by atoms with Crippen LogP contribution >= 0.6 is 11.6 Å². The van der Waals surface area contributed by atoms with E-state index in [0.717, 1.165) is 29.1 Å². The predicted molar refractivity (Wildman–Crippen MR) is 81.0 cm³/mol. The van der Waals surface area contributed by atoms with Crippen molar-refractivity contribution >= 4 is 11.6 Å². The van der Waals surface area contributed by atoms with Crippen molar-refractivity contribution in [3.05, 3.63) is 46.2 Å². The summed E-state index contributed by atoms with van der Waals surface area (Å²) in [6.07, 6.45) is 0.917. The van der Waals surface area contributed by atoms with Crippen LogP contribution in [0.1, 0.15) is 36.8 Å². The van der Waals surface area contributed by atoms with Crippen LogP contribution in [-0.2, 0) is 20.1 Å². The maximum atomic E-state index is 6.00. The van der Waals surface area contributed by atoms with Gasteiger partial charge in [0.2, 0.25) is 0 Å². The number of nitrogens with two attached hydrogens (primary N) is 1. The minimum Gasteiger partial charge on any atom is -0.487 e. The molecule has 0 saturated carbocycles. The Morgan fingerprint density at radius 3 is 2.75 bits per heavy atom. The van der Waals surface area contributed by atoms with Gasteiger partial charge < -0.3 is 10.5 Å². The first-order chi connectivity index (χ1) is 9.51. The second-order valence-corrected chi connectivity index (χ2v) is 5.30. The van der Waals surface area contributed by atoms with Gasteiger partial charge in [-0.25, -0.2) is 0 Å². The number of aryl methyl sites for hydroxylation is 2. The molecule has 1 aromatic carbocycles. The molecule has 0 aliphatic rings. The van der Waals surface area contributed by atoms with Crippen molar-refractivity contribution in [2.75, 3.05) is 0 Å². The second kappa shape index (κ2) is 6.29. The van der Waals surface area contributed by atoms with Gasteiger partial charge in [-0.2, -0.15) is 5.10 Å². The minimum absolute atomic E-state index is 0.124. The predicted octanol–water partition coefficient (Wildman–Crippen LogP) is 3.23. The number of ether oxygens (including phenoxy) is 1. The van der Waals surface area contributed by atoms with Crippen molar-refractivity contribution in [3.8, 4) is 5.75 Å². The van der Waals surface area contributed by atoms with E-state index < -0.39 is 0 Å². The molecule has 0 spiro atoms. The van der Waals surface area contributed by atoms with Gasteiger partial charge in [0, 0.05) is 23.7 Å². The molecule has 0 saturated heterocycles. The number of aromatic nitrogens is 2. The smallest absolute Gasteiger partial charge is 0.130 e. The van der Waals surface area contributed by atoms with E-state index in [2.05, 4.69) is 18.1 Å². The summed E-state index contributed by atoms with van der Waals surface area (Å²) in [5.74, 6) is 0.767. The first-order valence-electron chi connectivity index (χ1n) is 6.71. The fourth-order valence-electron chi connectivity index (χ4n) is 2.04. The van der Waals surface area contributed by atoms with Crippen molar-refractivity contribution < 1.29 is 4.74 Å². The molecule has 0 aliphatic carbocycles. The summed E-state index contributed by atoms with van der Waals surface area (Å²) in [6, 6.07) is 7.45. The monoisotopic (exact) mass is 293 g/mol. The van der Waals surface area contributed by atoms with Crippen LogP contribution < -0.4 is 10.5 Å². The highest BCUT2D eigenvalue weighted by Crippen LogP contribution is 2.27. The third kappa shape index (κ3) is 3.32. The largest absolute Gasteiger partial charge is 0.487 e. The van der Waals surface area contributed by atoms with Crippen LogP contribution in [0.2, 0.25) is 5.02 Å². The van der Waals surface area contributed by atoms with Crippen LogP contribution in [-0.4, -0.2) is 9.78 Å². The molecule has 2 aromatic rings. The SMILES string of the molecule is CCc1cc(COc2ccc(Cl)cc2[C@@H](C)N)n(C)n1. The summed E-state index contributed by atoms with van der Waals surface area (Å²) in [7, 11) is 1.92. The number of halogens is 1. The summed E-state index contributed by atoms with van der Waals surface area (Å²) in [5.41, 5.74) is 8.96. The van der Waals surface area contributed by atoms with E-state index in [1.54, 1.807) is 0 Å². The van der Waals surface area contributed by atoms with Crippen LogP contribution in [0.4, 0.5) is 0 Å². The first-order valence-corrected chi connectivity index (χ1v) is 7.08. The molecule has 20 heavy (non-hydrogen) atoms. The van der Waals surface area contributed by atoms with Gasteiger partial charge in [-0.15, -0.1) is 0 Å². The zero-order valence-electron chi connectivity index (χ0n) is 12.1. The molecule has 1 heterocycles. The van der Waals surface area contributed by atoms with Gasteiger partial charge in [0.15, 0.2) is 0 Å². The van der Waals surface area contributed by atoms with Crippen LogP contribution in [0.3, 0.4) is 0 Å². The van der Waals surface area contributed by atoms with Crippen molar-refractivity contribution in [1.82, 2.24) is 9.78 Å². The lowest BCUT2D eigenvalue weighted by Crippen LogP contribution is -2.09. The molecule has 108 valence electrons. The van der Waals surface area contributed by atoms with Gasteiger partial charge >= 0.3 is 0 Å². The average molecular weight is 294 g/mol. The summed E-state index contributed by atoms with van der Waals surface area (Å²) in [4.78, 5) is 0. The summed E-state index contributed by atoms with van der Waals surface area (Å²) >= 11 is 6.00. The zero-order chi connectivity index (χ0) is 14.7. The van der Waals surface area contributed by atoms with Gasteiger partial charge in [0.05, 0.1) is 11.4 Å². The molecule has 2 N–H and O–H groups in total. The van der Waals surface area contributed by atoms with Gasteiger partial charge in [0.1, 0.15) is 12.4 Å². The quantitative estimate of drug-likeness (QED) is 0.921. The molecule has 0 aliphatic heterocycles. The third-order valence-electron chi connectivity index (χ3n) is 3.23. The highest BCUT2D eigenvalue weighted by atomic mass is 35.5. The highest BCUT2D eigenvalue weighted by molar-refractivity contribution is 6.30. The average Bonchev–Trinajstić information content (AvgIpc) is 2.78. The number of nitrogens with zero attached hydrogens (tertiary/aromatic N) is 2. The second-order valence-electron chi connectivity index (χ2n) is 4.86. The molecular formula is C15H20ClN3O. The minimum atomic E-state index is -0.124. The zero-order valence-corrected chi connectivity index (χ0v) is 12.8. The lowest BCUT2D eigenvalue weighted by molar-refractivity contribution is 0.290. The lowest BCUT2D eigenvalue weighted by Gasteiger charge is -2.14. The van der Waals surface area contributed by atoms with E-state index in [1.165, 1.54) is 0 Å². The van der Waals surface area contributed by atoms with E-state index in [1.807, 2.05) is 36.9 Å². The Hall–Kier alpha value is -1.52. The van der Waals surface area contributed by atoms with Crippen molar-refractivity contribution in [2.24, 2.45) is 12.8 Å². The molecule has 0 fully saturated rings. The molecule has 0 amide bonds. The molecule has 1 atom stereocenters. The molecular weight excluding hydrogens is 274 g/mol. The fraction of sp³-hybridized carbons (Fsp3) is 0.400. The van der Waals surface area contributed by atoms with Crippen LogP contribution in [0.5, 0.6) is 5.75 Å². The molecule has 1 aromatic heterocycles. The molecule has 4 nitrogen and oxygen atoms in total. The Bertz CT molecular complexity index is 593. The van der Waals surface area contributed by atoms with Gasteiger partial charge in [-0.1, -0.05) is 18.5 Å². The highest BCUT2D eigenvalue weighted by Gasteiger charge is 2.11. The van der Waals surface area contributed by atoms with Gasteiger partial charge in [-0.3, -0.25) is 4.68 Å². The van der Waals surface area contributed by atoms with Crippen molar-refractivity contribution in [3.63, 3.8) is 0 Å². The van der Waals surface area contributed by atoms with Crippen molar-refractivity contribution in [2.45, 2.75) is 32.9 Å². The van der Waals surface area contributed by atoms with E-state index in [-0.39, 0.29) is 6.04 Å². The Labute approximate surface area is 124 Å². The molecule has 2 rings (SSSR count). The van der Waals surface area contributed by atoms with Gasteiger partial charge in [-0.05, 0) is 37.6 Å². The molecule has 0 radical (unpaired) electrons. The number of rotatable bonds is 5. The summed E-state index contributed by atoms with van der Waals surface area (Å²) in [5, 5.41) is 5.07. The van der Waals surface area contributed by atoms with Gasteiger partial charge in [0.25, 0.3) is 0 Å². The van der Waals surface area contributed by atoms with Crippen LogP contribution in [0.25, 0.3) is 0 Å². The molecule has 0 unspecified atom stereocenters.